The fourth-order valence-electron chi connectivity index (χ4n) is 3.65. The number of carbonyl (C=O) groups is 2. The van der Waals surface area contributed by atoms with Gasteiger partial charge in [0.25, 0.3) is 0 Å². The first-order valence-corrected chi connectivity index (χ1v) is 11.1. The Morgan fingerprint density at radius 1 is 1.09 bits per heavy atom. The Balaban J connectivity index is 0.00000149. The molecule has 0 saturated carbocycles. The zero-order valence-electron chi connectivity index (χ0n) is 20.1. The van der Waals surface area contributed by atoms with Gasteiger partial charge in [-0.1, -0.05) is 65.0 Å². The van der Waals surface area contributed by atoms with Crippen LogP contribution in [0.5, 0.6) is 5.75 Å². The van der Waals surface area contributed by atoms with Crippen LogP contribution in [0.25, 0.3) is 22.8 Å². The van der Waals surface area contributed by atoms with Crippen molar-refractivity contribution in [1.82, 2.24) is 10.3 Å². The third-order valence-electron chi connectivity index (χ3n) is 5.25. The van der Waals surface area contributed by atoms with E-state index < -0.39 is 6.03 Å². The molecule has 0 atom stereocenters. The second-order valence-corrected chi connectivity index (χ2v) is 8.47. The van der Waals surface area contributed by atoms with E-state index in [4.69, 9.17) is 9.15 Å². The lowest BCUT2D eigenvalue weighted by atomic mass is 9.84. The Morgan fingerprint density at radius 3 is 2.39 bits per heavy atom. The number of benzene rings is 2. The van der Waals surface area contributed by atoms with E-state index in [1.54, 1.807) is 18.2 Å². The average molecular weight is 450 g/mol. The van der Waals surface area contributed by atoms with Crippen LogP contribution < -0.4 is 15.0 Å². The maximum Gasteiger partial charge on any atom is 0.328 e. The molecule has 2 aromatic carbocycles. The van der Waals surface area contributed by atoms with Crippen molar-refractivity contribution < 1.29 is 18.7 Å². The number of carbonyl (C=O) groups excluding carboxylic acids is 2. The van der Waals surface area contributed by atoms with Crippen molar-refractivity contribution in [2.45, 2.75) is 46.5 Å². The normalized spacial score (nSPS) is 13.8. The van der Waals surface area contributed by atoms with Crippen molar-refractivity contribution in [2.75, 3.05) is 18.6 Å². The minimum Gasteiger partial charge on any atom is -0.496 e. The number of nitrogens with zero attached hydrogens (tertiary/aromatic N) is 2. The number of hydrogen-bond donors (Lipinski definition) is 1. The van der Waals surface area contributed by atoms with Crippen LogP contribution in [0.15, 0.2) is 53.1 Å². The third-order valence-corrected chi connectivity index (χ3v) is 5.25. The molecule has 7 heteroatoms. The van der Waals surface area contributed by atoms with Crippen molar-refractivity contribution in [1.29, 1.82) is 0 Å². The molecule has 1 N–H and O–H groups in total. The lowest BCUT2D eigenvalue weighted by molar-refractivity contribution is -0.120. The minimum absolute atomic E-state index is 0.245. The Bertz CT molecular complexity index is 1130. The summed E-state index contributed by atoms with van der Waals surface area (Å²) in [6.45, 7) is 10.5. The van der Waals surface area contributed by atoms with Gasteiger partial charge in [-0.2, -0.15) is 0 Å². The quantitative estimate of drug-likeness (QED) is 0.545. The monoisotopic (exact) mass is 449 g/mol. The van der Waals surface area contributed by atoms with E-state index in [1.165, 1.54) is 0 Å². The molecule has 1 aliphatic rings. The van der Waals surface area contributed by atoms with Crippen LogP contribution in [-0.2, 0) is 10.2 Å². The predicted octanol–water partition coefficient (Wildman–Crippen LogP) is 5.79. The van der Waals surface area contributed by atoms with Gasteiger partial charge in [0, 0.05) is 29.8 Å². The molecule has 4 rings (SSSR count). The predicted molar refractivity (Wildman–Crippen MR) is 129 cm³/mol. The van der Waals surface area contributed by atoms with Crippen molar-refractivity contribution in [3.63, 3.8) is 0 Å². The number of hydrogen-bond acceptors (Lipinski definition) is 5. The van der Waals surface area contributed by atoms with Gasteiger partial charge in [-0.25, -0.2) is 9.78 Å². The van der Waals surface area contributed by atoms with Gasteiger partial charge < -0.3 is 9.15 Å². The van der Waals surface area contributed by atoms with E-state index in [0.717, 1.165) is 11.1 Å². The molecule has 33 heavy (non-hydrogen) atoms. The number of urea groups is 1. The van der Waals surface area contributed by atoms with Gasteiger partial charge in [0.05, 0.1) is 18.9 Å². The highest BCUT2D eigenvalue weighted by Gasteiger charge is 2.30. The molecule has 0 bridgehead atoms. The van der Waals surface area contributed by atoms with E-state index >= 15 is 0 Å². The first kappa shape index (κ1) is 24.0. The highest BCUT2D eigenvalue weighted by atomic mass is 16.5. The zero-order valence-corrected chi connectivity index (χ0v) is 20.1. The summed E-state index contributed by atoms with van der Waals surface area (Å²) in [4.78, 5) is 30.1. The highest BCUT2D eigenvalue weighted by Crippen LogP contribution is 2.43. The van der Waals surface area contributed by atoms with Crippen molar-refractivity contribution in [3.8, 4) is 28.5 Å². The standard InChI is InChI=1S/C24H25N3O4.C2H6/c1-24(2,3)18-13-16(27-11-10-20(28)26-23(27)29)12-17(21(18)30-4)22-25-14-19(31-22)15-8-6-5-7-9-15;1-2/h5-9,12-14H,10-11H2,1-4H3,(H,26,28,29);1-2H3. The smallest absolute Gasteiger partial charge is 0.328 e. The molecule has 3 aromatic rings. The summed E-state index contributed by atoms with van der Waals surface area (Å²) in [5.41, 5.74) is 2.86. The topological polar surface area (TPSA) is 84.7 Å². The minimum atomic E-state index is -0.440. The number of amides is 3. The Morgan fingerprint density at radius 2 is 1.79 bits per heavy atom. The molecule has 1 aliphatic heterocycles. The van der Waals surface area contributed by atoms with Gasteiger partial charge >= 0.3 is 6.03 Å². The van der Waals surface area contributed by atoms with Crippen LogP contribution in [0, 0.1) is 0 Å². The van der Waals surface area contributed by atoms with Gasteiger partial charge in [-0.05, 0) is 17.5 Å². The van der Waals surface area contributed by atoms with Gasteiger partial charge in [-0.3, -0.25) is 15.0 Å². The van der Waals surface area contributed by atoms with Crippen molar-refractivity contribution in [2.24, 2.45) is 0 Å². The Labute approximate surface area is 194 Å². The van der Waals surface area contributed by atoms with Crippen LogP contribution in [-0.4, -0.2) is 30.6 Å². The average Bonchev–Trinajstić information content (AvgIpc) is 3.30. The molecule has 0 aliphatic carbocycles. The molecular weight excluding hydrogens is 418 g/mol. The number of anilines is 1. The highest BCUT2D eigenvalue weighted by molar-refractivity contribution is 6.06. The summed E-state index contributed by atoms with van der Waals surface area (Å²) >= 11 is 0. The first-order valence-electron chi connectivity index (χ1n) is 11.1. The fraction of sp³-hybridized carbons (Fsp3) is 0.346. The molecule has 174 valence electrons. The number of nitrogens with one attached hydrogen (secondary N) is 1. The summed E-state index contributed by atoms with van der Waals surface area (Å²) in [7, 11) is 1.61. The largest absolute Gasteiger partial charge is 0.496 e. The number of aromatic nitrogens is 1. The number of rotatable bonds is 4. The summed E-state index contributed by atoms with van der Waals surface area (Å²) < 4.78 is 11.9. The molecule has 1 saturated heterocycles. The first-order chi connectivity index (χ1) is 15.8. The lowest BCUT2D eigenvalue weighted by Gasteiger charge is -2.30. The third kappa shape index (κ3) is 5.08. The number of imide groups is 1. The lowest BCUT2D eigenvalue weighted by Crippen LogP contribution is -2.49. The Kier molecular flexibility index (Phi) is 7.21. The molecule has 2 heterocycles. The molecule has 1 fully saturated rings. The summed E-state index contributed by atoms with van der Waals surface area (Å²) in [6, 6.07) is 13.0. The maximum atomic E-state index is 12.5. The maximum absolute atomic E-state index is 12.5. The molecule has 0 unspecified atom stereocenters. The second-order valence-electron chi connectivity index (χ2n) is 8.47. The van der Waals surface area contributed by atoms with Gasteiger partial charge in [-0.15, -0.1) is 0 Å². The van der Waals surface area contributed by atoms with Crippen LogP contribution >= 0.6 is 0 Å². The van der Waals surface area contributed by atoms with Crippen LogP contribution in [0.3, 0.4) is 0 Å². The molecule has 7 nitrogen and oxygen atoms in total. The van der Waals surface area contributed by atoms with Crippen LogP contribution in [0.4, 0.5) is 10.5 Å². The van der Waals surface area contributed by atoms with E-state index in [0.29, 0.717) is 35.2 Å². The summed E-state index contributed by atoms with van der Waals surface area (Å²) in [6.07, 6.45) is 1.93. The molecule has 0 radical (unpaired) electrons. The SMILES string of the molecule is CC.COc1c(-c2ncc(-c3ccccc3)o2)cc(N2CCC(=O)NC2=O)cc1C(C)(C)C. The second kappa shape index (κ2) is 9.90. The van der Waals surface area contributed by atoms with Gasteiger partial charge in [0.15, 0.2) is 5.76 Å². The van der Waals surface area contributed by atoms with E-state index in [2.05, 4.69) is 31.1 Å². The Hall–Kier alpha value is -3.61. The number of ether oxygens (including phenoxy) is 1. The molecule has 1 aromatic heterocycles. The van der Waals surface area contributed by atoms with Crippen LogP contribution in [0.1, 0.15) is 46.6 Å². The van der Waals surface area contributed by atoms with Crippen LogP contribution in [0.2, 0.25) is 0 Å². The number of oxazole rings is 1. The van der Waals surface area contributed by atoms with Crippen molar-refractivity contribution >= 4 is 17.6 Å². The zero-order chi connectivity index (χ0) is 24.2. The molecule has 0 spiro atoms. The number of methoxy groups -OCH3 is 1. The van der Waals surface area contributed by atoms with Gasteiger partial charge in [0.1, 0.15) is 5.75 Å². The summed E-state index contributed by atoms with van der Waals surface area (Å²) in [5.74, 6) is 1.41. The van der Waals surface area contributed by atoms with Gasteiger partial charge in [0.2, 0.25) is 11.8 Å². The van der Waals surface area contributed by atoms with E-state index in [1.807, 2.05) is 56.3 Å². The molecule has 3 amide bonds. The fourth-order valence-corrected chi connectivity index (χ4v) is 3.65. The summed E-state index contributed by atoms with van der Waals surface area (Å²) in [5, 5.41) is 2.38. The van der Waals surface area contributed by atoms with E-state index in [9.17, 15) is 9.59 Å². The van der Waals surface area contributed by atoms with Crippen molar-refractivity contribution in [3.05, 3.63) is 54.2 Å². The molecular formula is C26H31N3O4. The van der Waals surface area contributed by atoms with E-state index in [-0.39, 0.29) is 17.7 Å².